The number of halogens is 1. The van der Waals surface area contributed by atoms with Crippen LogP contribution in [0.3, 0.4) is 0 Å². The van der Waals surface area contributed by atoms with Crippen LogP contribution in [0.4, 0.5) is 26.5 Å². The summed E-state index contributed by atoms with van der Waals surface area (Å²) in [6.07, 6.45) is 1.44. The van der Waals surface area contributed by atoms with E-state index < -0.39 is 27.8 Å². The van der Waals surface area contributed by atoms with Crippen molar-refractivity contribution in [3.05, 3.63) is 72.3 Å². The fraction of sp³-hybridized carbons (Fsp3) is 0.182. The Morgan fingerprint density at radius 2 is 1.82 bits per heavy atom. The number of carbonyl (C=O) groups excluding carboxylic acids is 2. The average molecular weight is 485 g/mol. The molecular weight excluding hydrogens is 463 g/mol. The van der Waals surface area contributed by atoms with E-state index in [4.69, 9.17) is 0 Å². The van der Waals surface area contributed by atoms with E-state index >= 15 is 0 Å². The number of nitrogens with zero attached hydrogens (tertiary/aromatic N) is 4. The molecule has 2 heterocycles. The van der Waals surface area contributed by atoms with Crippen LogP contribution in [0.1, 0.15) is 5.69 Å². The summed E-state index contributed by atoms with van der Waals surface area (Å²) in [6, 6.07) is 12.6. The van der Waals surface area contributed by atoms with Crippen molar-refractivity contribution in [2.75, 3.05) is 34.6 Å². The molecular formula is C22H21FN6O4S. The van der Waals surface area contributed by atoms with Gasteiger partial charge in [-0.05, 0) is 49.4 Å². The molecule has 0 bridgehead atoms. The first-order chi connectivity index (χ1) is 16.2. The first-order valence-corrected chi connectivity index (χ1v) is 11.7. The fourth-order valence-electron chi connectivity index (χ4n) is 3.39. The number of aromatic nitrogens is 2. The van der Waals surface area contributed by atoms with Gasteiger partial charge < -0.3 is 10.2 Å². The van der Waals surface area contributed by atoms with Crippen molar-refractivity contribution in [1.29, 1.82) is 0 Å². The molecule has 0 unspecified atom stereocenters. The highest BCUT2D eigenvalue weighted by atomic mass is 32.2. The molecule has 1 fully saturated rings. The number of hydrogen-bond donors (Lipinski definition) is 2. The molecule has 1 aromatic heterocycles. The third-order valence-corrected chi connectivity index (χ3v) is 6.39. The summed E-state index contributed by atoms with van der Waals surface area (Å²) in [7, 11) is -3.91. The van der Waals surface area contributed by atoms with E-state index in [2.05, 4.69) is 20.0 Å². The number of rotatable bonds is 7. The van der Waals surface area contributed by atoms with E-state index in [0.29, 0.717) is 11.4 Å². The van der Waals surface area contributed by atoms with Gasteiger partial charge in [-0.2, -0.15) is 0 Å². The minimum Gasteiger partial charge on any atom is -0.325 e. The number of hydrogen-bond acceptors (Lipinski definition) is 6. The van der Waals surface area contributed by atoms with Gasteiger partial charge in [-0.3, -0.25) is 9.69 Å². The molecule has 0 saturated carbocycles. The first-order valence-electron chi connectivity index (χ1n) is 10.3. The van der Waals surface area contributed by atoms with Crippen molar-refractivity contribution in [3.63, 3.8) is 0 Å². The van der Waals surface area contributed by atoms with E-state index in [1.54, 1.807) is 19.1 Å². The largest absolute Gasteiger partial charge is 0.325 e. The van der Waals surface area contributed by atoms with E-state index in [-0.39, 0.29) is 36.2 Å². The maximum absolute atomic E-state index is 14.0. The number of aryl methyl sites for hydroxylation is 1. The number of nitrogens with one attached hydrogen (secondary N) is 2. The van der Waals surface area contributed by atoms with Crippen molar-refractivity contribution in [2.24, 2.45) is 0 Å². The minimum absolute atomic E-state index is 0.0362. The molecule has 1 saturated heterocycles. The molecule has 3 amide bonds. The number of carbonyl (C=O) groups is 2. The second kappa shape index (κ2) is 9.43. The van der Waals surface area contributed by atoms with E-state index in [1.807, 2.05) is 0 Å². The van der Waals surface area contributed by atoms with Gasteiger partial charge in [0.05, 0.1) is 10.6 Å². The average Bonchev–Trinajstić information content (AvgIpc) is 3.14. The van der Waals surface area contributed by atoms with Gasteiger partial charge >= 0.3 is 6.03 Å². The summed E-state index contributed by atoms with van der Waals surface area (Å²) in [5, 5.41) is 2.63. The lowest BCUT2D eigenvalue weighted by Crippen LogP contribution is -2.37. The zero-order valence-corrected chi connectivity index (χ0v) is 18.9. The van der Waals surface area contributed by atoms with Crippen LogP contribution >= 0.6 is 0 Å². The lowest BCUT2D eigenvalue weighted by molar-refractivity contribution is -0.116. The van der Waals surface area contributed by atoms with Gasteiger partial charge in [0.25, 0.3) is 10.0 Å². The number of amides is 3. The summed E-state index contributed by atoms with van der Waals surface area (Å²) < 4.78 is 41.4. The SMILES string of the molecule is Cc1ccnc(NS(=O)(=O)c2ccc(NC(=O)CN3CCN(c4ccccc4F)C3=O)cc2)n1. The van der Waals surface area contributed by atoms with Crippen molar-refractivity contribution in [3.8, 4) is 0 Å². The summed E-state index contributed by atoms with van der Waals surface area (Å²) in [4.78, 5) is 35.5. The molecule has 12 heteroatoms. The van der Waals surface area contributed by atoms with Crippen LogP contribution in [-0.4, -0.2) is 54.9 Å². The van der Waals surface area contributed by atoms with Gasteiger partial charge in [0, 0.05) is 30.7 Å². The monoisotopic (exact) mass is 484 g/mol. The van der Waals surface area contributed by atoms with Gasteiger partial charge in [0.1, 0.15) is 12.4 Å². The fourth-order valence-corrected chi connectivity index (χ4v) is 4.34. The molecule has 0 radical (unpaired) electrons. The predicted molar refractivity (Wildman–Crippen MR) is 123 cm³/mol. The summed E-state index contributed by atoms with van der Waals surface area (Å²) in [5.41, 5.74) is 1.13. The second-order valence-electron chi connectivity index (χ2n) is 7.51. The molecule has 1 aliphatic rings. The van der Waals surface area contributed by atoms with Gasteiger partial charge in [0.15, 0.2) is 0 Å². The second-order valence-corrected chi connectivity index (χ2v) is 9.19. The molecule has 4 rings (SSSR count). The van der Waals surface area contributed by atoms with E-state index in [9.17, 15) is 22.4 Å². The Kier molecular flexibility index (Phi) is 6.41. The molecule has 176 valence electrons. The number of sulfonamides is 1. The Hall–Kier alpha value is -4.06. The van der Waals surface area contributed by atoms with Crippen LogP contribution in [0, 0.1) is 12.7 Å². The Bertz CT molecular complexity index is 1330. The summed E-state index contributed by atoms with van der Waals surface area (Å²) in [6.45, 7) is 2.02. The third-order valence-electron chi connectivity index (χ3n) is 5.04. The molecule has 0 spiro atoms. The normalized spacial score (nSPS) is 13.8. The lowest BCUT2D eigenvalue weighted by atomic mass is 10.3. The van der Waals surface area contributed by atoms with Crippen molar-refractivity contribution >= 4 is 39.3 Å². The Morgan fingerprint density at radius 3 is 2.53 bits per heavy atom. The zero-order chi connectivity index (χ0) is 24.3. The highest BCUT2D eigenvalue weighted by molar-refractivity contribution is 7.92. The molecule has 0 aliphatic carbocycles. The Morgan fingerprint density at radius 1 is 1.09 bits per heavy atom. The molecule has 10 nitrogen and oxygen atoms in total. The maximum atomic E-state index is 14.0. The quantitative estimate of drug-likeness (QED) is 0.531. The summed E-state index contributed by atoms with van der Waals surface area (Å²) >= 11 is 0. The van der Waals surface area contributed by atoms with Gasteiger partial charge in [0.2, 0.25) is 11.9 Å². The Balaban J connectivity index is 1.36. The number of anilines is 3. The van der Waals surface area contributed by atoms with Crippen LogP contribution in [0.5, 0.6) is 0 Å². The van der Waals surface area contributed by atoms with Crippen LogP contribution < -0.4 is 14.9 Å². The van der Waals surface area contributed by atoms with E-state index in [0.717, 1.165) is 0 Å². The van der Waals surface area contributed by atoms with Gasteiger partial charge in [-0.1, -0.05) is 12.1 Å². The molecule has 3 aromatic rings. The van der Waals surface area contributed by atoms with Crippen LogP contribution in [0.15, 0.2) is 65.7 Å². The van der Waals surface area contributed by atoms with Gasteiger partial charge in [-0.25, -0.2) is 32.3 Å². The molecule has 2 aromatic carbocycles. The standard InChI is InChI=1S/C22H21FN6O4S/c1-15-10-11-24-21(25-15)27-34(32,33)17-8-6-16(7-9-17)26-20(30)14-28-12-13-29(22(28)31)19-5-3-2-4-18(19)23/h2-11H,12-14H2,1H3,(H,26,30)(H,24,25,27). The number of urea groups is 1. The smallest absolute Gasteiger partial charge is 0.325 e. The van der Waals surface area contributed by atoms with Gasteiger partial charge in [-0.15, -0.1) is 0 Å². The minimum atomic E-state index is -3.91. The van der Waals surface area contributed by atoms with Crippen LogP contribution in [0.2, 0.25) is 0 Å². The molecule has 0 atom stereocenters. The Labute approximate surface area is 195 Å². The number of para-hydroxylation sites is 1. The molecule has 2 N–H and O–H groups in total. The van der Waals surface area contributed by atoms with Crippen LogP contribution in [0.25, 0.3) is 0 Å². The predicted octanol–water partition coefficient (Wildman–Crippen LogP) is 2.61. The maximum Gasteiger partial charge on any atom is 0.325 e. The highest BCUT2D eigenvalue weighted by Crippen LogP contribution is 2.23. The number of benzene rings is 2. The first kappa shape index (κ1) is 23.1. The van der Waals surface area contributed by atoms with E-state index in [1.165, 1.54) is 58.5 Å². The van der Waals surface area contributed by atoms with Crippen molar-refractivity contribution < 1.29 is 22.4 Å². The third kappa shape index (κ3) is 5.12. The van der Waals surface area contributed by atoms with Crippen molar-refractivity contribution in [2.45, 2.75) is 11.8 Å². The summed E-state index contributed by atoms with van der Waals surface area (Å²) in [5.74, 6) is -1.02. The van der Waals surface area contributed by atoms with Crippen molar-refractivity contribution in [1.82, 2.24) is 14.9 Å². The topological polar surface area (TPSA) is 125 Å². The highest BCUT2D eigenvalue weighted by Gasteiger charge is 2.32. The molecule has 1 aliphatic heterocycles. The van der Waals surface area contributed by atoms with Crippen LogP contribution in [-0.2, 0) is 14.8 Å². The zero-order valence-electron chi connectivity index (χ0n) is 18.1. The lowest BCUT2D eigenvalue weighted by Gasteiger charge is -2.19. The molecule has 34 heavy (non-hydrogen) atoms.